The van der Waals surface area contributed by atoms with E-state index >= 15 is 0 Å². The normalized spacial score (nSPS) is 11.7. The number of nitrogens with one attached hydrogen (secondary N) is 2. The van der Waals surface area contributed by atoms with Crippen LogP contribution in [0.1, 0.15) is 40.9 Å². The minimum atomic E-state index is -0.372. The second kappa shape index (κ2) is 10.1. The summed E-state index contributed by atoms with van der Waals surface area (Å²) in [6, 6.07) is 15.2. The average Bonchev–Trinajstić information content (AvgIpc) is 2.68. The number of hydrogen-bond acceptors (Lipinski definition) is 4. The molecule has 0 aliphatic heterocycles. The third-order valence-corrected chi connectivity index (χ3v) is 4.58. The van der Waals surface area contributed by atoms with E-state index < -0.39 is 0 Å². The highest BCUT2D eigenvalue weighted by atomic mass is 79.9. The summed E-state index contributed by atoms with van der Waals surface area (Å²) in [5.74, 6) is -0.444. The van der Waals surface area contributed by atoms with Gasteiger partial charge in [0.2, 0.25) is 5.91 Å². The molecule has 5 nitrogen and oxygen atoms in total. The van der Waals surface area contributed by atoms with Crippen molar-refractivity contribution in [3.05, 3.63) is 69.7 Å². The number of carbonyl (C=O) groups excluding carboxylic acids is 2. The fourth-order valence-electron chi connectivity index (χ4n) is 2.55. The van der Waals surface area contributed by atoms with Crippen LogP contribution in [0.25, 0.3) is 0 Å². The molecule has 0 saturated carbocycles. The third kappa shape index (κ3) is 5.97. The summed E-state index contributed by atoms with van der Waals surface area (Å²) in [6.45, 7) is 2.74. The Morgan fingerprint density at radius 2 is 1.73 bits per heavy atom. The van der Waals surface area contributed by atoms with E-state index in [2.05, 4.69) is 38.2 Å². The minimum Gasteiger partial charge on any atom is -0.465 e. The highest BCUT2D eigenvalue weighted by Crippen LogP contribution is 2.19. The lowest BCUT2D eigenvalue weighted by Crippen LogP contribution is -2.35. The van der Waals surface area contributed by atoms with Crippen molar-refractivity contribution in [1.82, 2.24) is 10.6 Å². The van der Waals surface area contributed by atoms with Crippen molar-refractivity contribution in [2.24, 2.45) is 0 Å². The van der Waals surface area contributed by atoms with Crippen molar-refractivity contribution in [2.45, 2.75) is 25.9 Å². The van der Waals surface area contributed by atoms with Gasteiger partial charge in [-0.3, -0.25) is 4.79 Å². The van der Waals surface area contributed by atoms with Gasteiger partial charge in [-0.15, -0.1) is 0 Å². The molecule has 0 radical (unpaired) electrons. The predicted octanol–water partition coefficient (Wildman–Crippen LogP) is 3.59. The SMILES string of the molecule is CC[C@H](NCC(=O)NCc1ccc(C(=O)OC)cc1)c1ccc(Br)cc1. The molecule has 0 saturated heterocycles. The molecule has 26 heavy (non-hydrogen) atoms. The smallest absolute Gasteiger partial charge is 0.337 e. The fourth-order valence-corrected chi connectivity index (χ4v) is 2.81. The lowest BCUT2D eigenvalue weighted by atomic mass is 10.0. The van der Waals surface area contributed by atoms with Crippen LogP contribution in [0.15, 0.2) is 53.0 Å². The van der Waals surface area contributed by atoms with Crippen LogP contribution < -0.4 is 10.6 Å². The molecule has 6 heteroatoms. The molecule has 0 aliphatic carbocycles. The predicted molar refractivity (Wildman–Crippen MR) is 105 cm³/mol. The summed E-state index contributed by atoms with van der Waals surface area (Å²) in [5.41, 5.74) is 2.57. The van der Waals surface area contributed by atoms with Gasteiger partial charge >= 0.3 is 5.97 Å². The van der Waals surface area contributed by atoms with Crippen molar-refractivity contribution in [1.29, 1.82) is 0 Å². The number of halogens is 1. The fraction of sp³-hybridized carbons (Fsp3) is 0.300. The summed E-state index contributed by atoms with van der Waals surface area (Å²) in [6.07, 6.45) is 0.893. The maximum atomic E-state index is 12.1. The average molecular weight is 419 g/mol. The van der Waals surface area contributed by atoms with Crippen LogP contribution >= 0.6 is 15.9 Å². The van der Waals surface area contributed by atoms with Crippen LogP contribution in [0.3, 0.4) is 0 Å². The first-order chi connectivity index (χ1) is 12.5. The Balaban J connectivity index is 1.80. The molecule has 2 aromatic carbocycles. The van der Waals surface area contributed by atoms with Gasteiger partial charge in [0.05, 0.1) is 19.2 Å². The lowest BCUT2D eigenvalue weighted by Gasteiger charge is -2.17. The van der Waals surface area contributed by atoms with Crippen LogP contribution in [0.2, 0.25) is 0 Å². The van der Waals surface area contributed by atoms with Gasteiger partial charge < -0.3 is 15.4 Å². The third-order valence-electron chi connectivity index (χ3n) is 4.05. The standard InChI is InChI=1S/C20H23BrN2O3/c1-3-18(15-8-10-17(21)11-9-15)22-13-19(24)23-12-14-4-6-16(7-5-14)20(25)26-2/h4-11,18,22H,3,12-13H2,1-2H3,(H,23,24)/t18-/m0/s1. The van der Waals surface area contributed by atoms with Gasteiger partial charge in [0, 0.05) is 17.1 Å². The lowest BCUT2D eigenvalue weighted by molar-refractivity contribution is -0.120. The van der Waals surface area contributed by atoms with Gasteiger partial charge in [-0.1, -0.05) is 47.1 Å². The molecule has 0 unspecified atom stereocenters. The molecule has 0 aliphatic rings. The van der Waals surface area contributed by atoms with Crippen LogP contribution in [0.4, 0.5) is 0 Å². The van der Waals surface area contributed by atoms with Crippen molar-refractivity contribution in [3.63, 3.8) is 0 Å². The molecule has 2 aromatic rings. The maximum Gasteiger partial charge on any atom is 0.337 e. The van der Waals surface area contributed by atoms with Crippen molar-refractivity contribution < 1.29 is 14.3 Å². The molecule has 2 rings (SSSR count). The molecule has 1 atom stereocenters. The first kappa shape index (κ1) is 20.1. The Morgan fingerprint density at radius 1 is 1.08 bits per heavy atom. The molecular formula is C20H23BrN2O3. The number of ether oxygens (including phenoxy) is 1. The Bertz CT molecular complexity index is 730. The van der Waals surface area contributed by atoms with Gasteiger partial charge in [-0.25, -0.2) is 4.79 Å². The van der Waals surface area contributed by atoms with E-state index in [1.54, 1.807) is 24.3 Å². The second-order valence-electron chi connectivity index (χ2n) is 5.86. The molecule has 2 N–H and O–H groups in total. The molecule has 0 heterocycles. The zero-order valence-corrected chi connectivity index (χ0v) is 16.5. The quantitative estimate of drug-likeness (QED) is 0.642. The Kier molecular flexibility index (Phi) is 7.81. The van der Waals surface area contributed by atoms with Gasteiger partial charge in [0.15, 0.2) is 0 Å². The number of amides is 1. The Hall–Kier alpha value is -2.18. The Labute approximate surface area is 162 Å². The van der Waals surface area contributed by atoms with Gasteiger partial charge in [-0.05, 0) is 41.8 Å². The van der Waals surface area contributed by atoms with Gasteiger partial charge in [0.1, 0.15) is 0 Å². The number of benzene rings is 2. The summed E-state index contributed by atoms with van der Waals surface area (Å²) < 4.78 is 5.70. The highest BCUT2D eigenvalue weighted by Gasteiger charge is 2.11. The highest BCUT2D eigenvalue weighted by molar-refractivity contribution is 9.10. The number of carbonyl (C=O) groups is 2. The van der Waals surface area contributed by atoms with E-state index in [-0.39, 0.29) is 24.5 Å². The summed E-state index contributed by atoms with van der Waals surface area (Å²) in [5, 5.41) is 6.16. The summed E-state index contributed by atoms with van der Waals surface area (Å²) in [7, 11) is 1.35. The largest absolute Gasteiger partial charge is 0.465 e. The van der Waals surface area contributed by atoms with Gasteiger partial charge in [-0.2, -0.15) is 0 Å². The molecule has 0 spiro atoms. The van der Waals surface area contributed by atoms with E-state index in [4.69, 9.17) is 0 Å². The zero-order valence-electron chi connectivity index (χ0n) is 14.9. The first-order valence-electron chi connectivity index (χ1n) is 8.46. The molecule has 1 amide bonds. The number of rotatable bonds is 8. The maximum absolute atomic E-state index is 12.1. The minimum absolute atomic E-state index is 0.0717. The number of methoxy groups -OCH3 is 1. The molecule has 0 aromatic heterocycles. The van der Waals surface area contributed by atoms with Crippen molar-refractivity contribution in [3.8, 4) is 0 Å². The number of hydrogen-bond donors (Lipinski definition) is 2. The first-order valence-corrected chi connectivity index (χ1v) is 9.25. The van der Waals surface area contributed by atoms with Crippen molar-refractivity contribution >= 4 is 27.8 Å². The van der Waals surface area contributed by atoms with Crippen LogP contribution in [0.5, 0.6) is 0 Å². The Morgan fingerprint density at radius 3 is 2.31 bits per heavy atom. The van der Waals surface area contributed by atoms with Crippen LogP contribution in [-0.2, 0) is 16.1 Å². The van der Waals surface area contributed by atoms with E-state index in [0.717, 1.165) is 22.0 Å². The molecule has 138 valence electrons. The monoisotopic (exact) mass is 418 g/mol. The van der Waals surface area contributed by atoms with E-state index in [9.17, 15) is 9.59 Å². The summed E-state index contributed by atoms with van der Waals surface area (Å²) >= 11 is 3.43. The zero-order chi connectivity index (χ0) is 18.9. The summed E-state index contributed by atoms with van der Waals surface area (Å²) in [4.78, 5) is 23.5. The molecule has 0 fully saturated rings. The molecule has 0 bridgehead atoms. The second-order valence-corrected chi connectivity index (χ2v) is 6.77. The molecular weight excluding hydrogens is 396 g/mol. The topological polar surface area (TPSA) is 67.4 Å². The van der Waals surface area contributed by atoms with Gasteiger partial charge in [0.25, 0.3) is 0 Å². The van der Waals surface area contributed by atoms with E-state index in [1.807, 2.05) is 24.3 Å². The van der Waals surface area contributed by atoms with Crippen LogP contribution in [0, 0.1) is 0 Å². The van der Waals surface area contributed by atoms with E-state index in [1.165, 1.54) is 7.11 Å². The van der Waals surface area contributed by atoms with E-state index in [0.29, 0.717) is 12.1 Å². The number of esters is 1. The van der Waals surface area contributed by atoms with Crippen LogP contribution in [-0.4, -0.2) is 25.5 Å². The van der Waals surface area contributed by atoms with Crippen molar-refractivity contribution in [2.75, 3.05) is 13.7 Å².